The smallest absolute Gasteiger partial charge is 0.125 e. The molecule has 3 atom stereocenters. The van der Waals surface area contributed by atoms with Crippen LogP contribution < -0.4 is 5.32 Å². The highest BCUT2D eigenvalue weighted by Crippen LogP contribution is 2.19. The van der Waals surface area contributed by atoms with E-state index in [-0.39, 0.29) is 17.1 Å². The standard InChI is InChI=1S/C5H7BrN2O/c1-9-4-3(2-7)8-5(4)6/h3-5,8H,1H3/t3?,4?,5-/m1/s1. The van der Waals surface area contributed by atoms with Crippen molar-refractivity contribution in [3.8, 4) is 6.07 Å². The molecule has 0 aromatic rings. The van der Waals surface area contributed by atoms with E-state index in [1.165, 1.54) is 0 Å². The largest absolute Gasteiger partial charge is 0.376 e. The molecule has 0 radical (unpaired) electrons. The molecule has 0 aromatic carbocycles. The van der Waals surface area contributed by atoms with Gasteiger partial charge >= 0.3 is 0 Å². The predicted octanol–water partition coefficient (Wildman–Crippen LogP) is 0.218. The molecule has 0 aromatic heterocycles. The average molecular weight is 191 g/mol. The number of alkyl halides is 1. The molecule has 1 aliphatic heterocycles. The molecule has 0 aliphatic carbocycles. The van der Waals surface area contributed by atoms with Crippen LogP contribution in [0.3, 0.4) is 0 Å². The summed E-state index contributed by atoms with van der Waals surface area (Å²) in [6.45, 7) is 0. The molecule has 1 heterocycles. The zero-order valence-corrected chi connectivity index (χ0v) is 6.55. The highest BCUT2D eigenvalue weighted by Gasteiger charge is 2.38. The SMILES string of the molecule is COC1C(C#N)N[C@H]1Br. The molecule has 9 heavy (non-hydrogen) atoms. The van der Waals surface area contributed by atoms with Crippen LogP contribution in [0.25, 0.3) is 0 Å². The van der Waals surface area contributed by atoms with Crippen molar-refractivity contribution >= 4 is 15.9 Å². The summed E-state index contributed by atoms with van der Waals surface area (Å²) in [7, 11) is 1.60. The minimum atomic E-state index is -0.139. The van der Waals surface area contributed by atoms with E-state index in [0.717, 1.165) is 0 Å². The number of halogens is 1. The van der Waals surface area contributed by atoms with E-state index in [4.69, 9.17) is 10.00 Å². The molecule has 1 N–H and O–H groups in total. The highest BCUT2D eigenvalue weighted by molar-refractivity contribution is 9.09. The lowest BCUT2D eigenvalue weighted by atomic mass is 10.1. The molecule has 0 spiro atoms. The van der Waals surface area contributed by atoms with Crippen molar-refractivity contribution in [2.24, 2.45) is 0 Å². The fourth-order valence-corrected chi connectivity index (χ4v) is 1.58. The molecule has 0 amide bonds. The van der Waals surface area contributed by atoms with Gasteiger partial charge in [-0.1, -0.05) is 15.9 Å². The number of hydrogen-bond acceptors (Lipinski definition) is 3. The Labute approximate surface area is 62.1 Å². The summed E-state index contributed by atoms with van der Waals surface area (Å²) < 4.78 is 4.97. The lowest BCUT2D eigenvalue weighted by Crippen LogP contribution is -2.62. The van der Waals surface area contributed by atoms with Crippen molar-refractivity contribution in [2.45, 2.75) is 17.1 Å². The van der Waals surface area contributed by atoms with Crippen molar-refractivity contribution in [3.63, 3.8) is 0 Å². The van der Waals surface area contributed by atoms with Gasteiger partial charge in [0.2, 0.25) is 0 Å². The van der Waals surface area contributed by atoms with Crippen molar-refractivity contribution < 1.29 is 4.74 Å². The van der Waals surface area contributed by atoms with E-state index in [2.05, 4.69) is 27.3 Å². The van der Waals surface area contributed by atoms with E-state index in [9.17, 15) is 0 Å². The van der Waals surface area contributed by atoms with Crippen LogP contribution in [0.4, 0.5) is 0 Å². The maximum absolute atomic E-state index is 8.39. The normalized spacial score (nSPS) is 41.2. The summed E-state index contributed by atoms with van der Waals surface area (Å²) in [6.07, 6.45) is 0.00926. The molecule has 1 saturated heterocycles. The lowest BCUT2D eigenvalue weighted by molar-refractivity contribution is 0.0255. The first-order valence-electron chi connectivity index (χ1n) is 2.62. The molecular formula is C5H7BrN2O. The summed E-state index contributed by atoms with van der Waals surface area (Å²) in [6, 6.07) is 1.93. The second kappa shape index (κ2) is 2.65. The maximum atomic E-state index is 8.39. The first kappa shape index (κ1) is 7.00. The van der Waals surface area contributed by atoms with Crippen LogP contribution in [0, 0.1) is 11.3 Å². The Kier molecular flexibility index (Phi) is 2.06. The maximum Gasteiger partial charge on any atom is 0.125 e. The Morgan fingerprint density at radius 2 is 2.44 bits per heavy atom. The van der Waals surface area contributed by atoms with Gasteiger partial charge in [0.1, 0.15) is 12.1 Å². The monoisotopic (exact) mass is 190 g/mol. The van der Waals surface area contributed by atoms with E-state index in [1.807, 2.05) is 0 Å². The van der Waals surface area contributed by atoms with Crippen LogP contribution >= 0.6 is 15.9 Å². The molecule has 4 heteroatoms. The summed E-state index contributed by atoms with van der Waals surface area (Å²) >= 11 is 3.28. The third kappa shape index (κ3) is 1.08. The number of nitriles is 1. The Morgan fingerprint density at radius 3 is 2.67 bits per heavy atom. The first-order chi connectivity index (χ1) is 4.29. The fraction of sp³-hybridized carbons (Fsp3) is 0.800. The van der Waals surface area contributed by atoms with Crippen LogP contribution in [-0.4, -0.2) is 24.2 Å². The van der Waals surface area contributed by atoms with Gasteiger partial charge in [-0.25, -0.2) is 0 Å². The van der Waals surface area contributed by atoms with Crippen LogP contribution in [0.2, 0.25) is 0 Å². The van der Waals surface area contributed by atoms with Gasteiger partial charge in [-0.2, -0.15) is 5.26 Å². The zero-order valence-electron chi connectivity index (χ0n) is 4.97. The third-order valence-corrected chi connectivity index (χ3v) is 2.15. The van der Waals surface area contributed by atoms with Crippen LogP contribution in [0.15, 0.2) is 0 Å². The van der Waals surface area contributed by atoms with Crippen molar-refractivity contribution in [2.75, 3.05) is 7.11 Å². The molecule has 1 fully saturated rings. The number of nitrogens with zero attached hydrogens (tertiary/aromatic N) is 1. The third-order valence-electron chi connectivity index (χ3n) is 1.37. The van der Waals surface area contributed by atoms with Crippen LogP contribution in [0.5, 0.6) is 0 Å². The number of nitrogens with one attached hydrogen (secondary N) is 1. The molecule has 2 unspecified atom stereocenters. The Hall–Kier alpha value is -0.110. The number of hydrogen-bond donors (Lipinski definition) is 1. The number of ether oxygens (including phenoxy) is 1. The Morgan fingerprint density at radius 1 is 1.78 bits per heavy atom. The highest BCUT2D eigenvalue weighted by atomic mass is 79.9. The second-order valence-corrected chi connectivity index (χ2v) is 2.86. The van der Waals surface area contributed by atoms with E-state index < -0.39 is 0 Å². The fourth-order valence-electron chi connectivity index (χ4n) is 0.778. The summed E-state index contributed by atoms with van der Waals surface area (Å²) in [5.74, 6) is 0. The quantitative estimate of drug-likeness (QED) is 0.476. The zero-order chi connectivity index (χ0) is 6.85. The van der Waals surface area contributed by atoms with Crippen molar-refractivity contribution in [1.29, 1.82) is 5.26 Å². The number of rotatable bonds is 1. The molecule has 50 valence electrons. The van der Waals surface area contributed by atoms with Gasteiger partial charge in [0.25, 0.3) is 0 Å². The van der Waals surface area contributed by atoms with Gasteiger partial charge < -0.3 is 4.74 Å². The van der Waals surface area contributed by atoms with Crippen LogP contribution in [-0.2, 0) is 4.74 Å². The van der Waals surface area contributed by atoms with Crippen molar-refractivity contribution in [1.82, 2.24) is 5.32 Å². The lowest BCUT2D eigenvalue weighted by Gasteiger charge is -2.37. The van der Waals surface area contributed by atoms with Gasteiger partial charge in [-0.05, 0) is 0 Å². The molecule has 3 nitrogen and oxygen atoms in total. The van der Waals surface area contributed by atoms with Gasteiger partial charge in [0, 0.05) is 7.11 Å². The average Bonchev–Trinajstić information content (AvgIpc) is 1.83. The molecule has 0 saturated carbocycles. The topological polar surface area (TPSA) is 45.0 Å². The van der Waals surface area contributed by atoms with E-state index in [1.54, 1.807) is 7.11 Å². The van der Waals surface area contributed by atoms with E-state index in [0.29, 0.717) is 0 Å². The molecule has 0 bridgehead atoms. The molecular weight excluding hydrogens is 184 g/mol. The van der Waals surface area contributed by atoms with Gasteiger partial charge in [-0.3, -0.25) is 5.32 Å². The summed E-state index contributed by atoms with van der Waals surface area (Å²) in [4.78, 5) is 0.146. The van der Waals surface area contributed by atoms with Crippen LogP contribution in [0.1, 0.15) is 0 Å². The van der Waals surface area contributed by atoms with Gasteiger partial charge in [-0.15, -0.1) is 0 Å². The van der Waals surface area contributed by atoms with Crippen molar-refractivity contribution in [3.05, 3.63) is 0 Å². The Balaban J connectivity index is 2.40. The summed E-state index contributed by atoms with van der Waals surface area (Å²) in [5.41, 5.74) is 0. The minimum Gasteiger partial charge on any atom is -0.376 e. The van der Waals surface area contributed by atoms with Gasteiger partial charge in [0.15, 0.2) is 0 Å². The number of methoxy groups -OCH3 is 1. The summed E-state index contributed by atoms with van der Waals surface area (Å²) in [5, 5.41) is 11.3. The van der Waals surface area contributed by atoms with E-state index >= 15 is 0 Å². The molecule has 1 rings (SSSR count). The predicted molar refractivity (Wildman–Crippen MR) is 36.0 cm³/mol. The second-order valence-electron chi connectivity index (χ2n) is 1.88. The molecule has 1 aliphatic rings. The van der Waals surface area contributed by atoms with Gasteiger partial charge in [0.05, 0.1) is 11.0 Å². The Bertz CT molecular complexity index is 144. The minimum absolute atomic E-state index is 0.00926. The first-order valence-corrected chi connectivity index (χ1v) is 3.53.